The third-order valence-corrected chi connectivity index (χ3v) is 12.3. The Labute approximate surface area is 351 Å². The van der Waals surface area contributed by atoms with Gasteiger partial charge in [-0.3, -0.25) is 4.57 Å². The van der Waals surface area contributed by atoms with E-state index in [4.69, 9.17) is 14.7 Å². The molecule has 0 aliphatic carbocycles. The van der Waals surface area contributed by atoms with Gasteiger partial charge >= 0.3 is 0 Å². The molecule has 0 N–H and O–H groups in total. The molecule has 5 nitrogen and oxygen atoms in total. The van der Waals surface area contributed by atoms with E-state index in [-0.39, 0.29) is 0 Å². The number of benzene rings is 9. The highest BCUT2D eigenvalue weighted by atomic mass is 16.5. The first-order valence-electron chi connectivity index (χ1n) is 20.7. The van der Waals surface area contributed by atoms with Crippen molar-refractivity contribution >= 4 is 54.4 Å². The van der Waals surface area contributed by atoms with Gasteiger partial charge in [-0.2, -0.15) is 0 Å². The van der Waals surface area contributed by atoms with Gasteiger partial charge in [0.15, 0.2) is 0 Å². The molecule has 1 aliphatic rings. The zero-order chi connectivity index (χ0) is 40.0. The minimum absolute atomic E-state index is 0.631. The Morgan fingerprint density at radius 2 is 0.934 bits per heavy atom. The van der Waals surface area contributed by atoms with E-state index in [1.165, 1.54) is 21.7 Å². The molecule has 61 heavy (non-hydrogen) atoms. The fourth-order valence-corrected chi connectivity index (χ4v) is 9.70. The highest BCUT2D eigenvalue weighted by Gasteiger charge is 2.26. The van der Waals surface area contributed by atoms with Crippen LogP contribution in [0.1, 0.15) is 0 Å². The molecule has 0 bridgehead atoms. The van der Waals surface area contributed by atoms with Crippen LogP contribution in [0.4, 0.5) is 0 Å². The van der Waals surface area contributed by atoms with Gasteiger partial charge in [0, 0.05) is 55.4 Å². The number of para-hydroxylation sites is 3. The van der Waals surface area contributed by atoms with Crippen LogP contribution < -0.4 is 4.74 Å². The second kappa shape index (κ2) is 13.1. The van der Waals surface area contributed by atoms with E-state index in [0.29, 0.717) is 5.95 Å². The number of ether oxygens (including phenoxy) is 1. The van der Waals surface area contributed by atoms with E-state index in [2.05, 4.69) is 197 Å². The smallest absolute Gasteiger partial charge is 0.235 e. The molecule has 0 amide bonds. The molecular formula is C56H34N4O. The summed E-state index contributed by atoms with van der Waals surface area (Å²) in [4.78, 5) is 10.6. The molecule has 13 rings (SSSR count). The summed E-state index contributed by atoms with van der Waals surface area (Å²) in [5.74, 6) is 2.39. The summed E-state index contributed by atoms with van der Waals surface area (Å²) >= 11 is 0. The maximum Gasteiger partial charge on any atom is 0.235 e. The lowest BCUT2D eigenvalue weighted by Gasteiger charge is -2.22. The van der Waals surface area contributed by atoms with Crippen molar-refractivity contribution in [2.24, 2.45) is 0 Å². The largest absolute Gasteiger partial charge is 0.456 e. The van der Waals surface area contributed by atoms with Crippen LogP contribution >= 0.6 is 0 Å². The van der Waals surface area contributed by atoms with E-state index in [1.54, 1.807) is 0 Å². The van der Waals surface area contributed by atoms with Crippen molar-refractivity contribution in [1.82, 2.24) is 19.1 Å². The Morgan fingerprint density at radius 1 is 0.328 bits per heavy atom. The monoisotopic (exact) mass is 778 g/mol. The Hall–Kier alpha value is -8.28. The summed E-state index contributed by atoms with van der Waals surface area (Å²) < 4.78 is 11.3. The van der Waals surface area contributed by atoms with Crippen molar-refractivity contribution in [3.8, 4) is 67.9 Å². The lowest BCUT2D eigenvalue weighted by molar-refractivity contribution is 0.487. The molecule has 0 saturated heterocycles. The molecule has 5 heteroatoms. The van der Waals surface area contributed by atoms with Crippen LogP contribution in [-0.4, -0.2) is 19.1 Å². The average molecular weight is 779 g/mol. The van der Waals surface area contributed by atoms with Gasteiger partial charge in [0.2, 0.25) is 5.95 Å². The summed E-state index contributed by atoms with van der Waals surface area (Å²) in [5, 5.41) is 7.04. The summed E-state index contributed by atoms with van der Waals surface area (Å²) in [6, 6.07) is 73.0. The van der Waals surface area contributed by atoms with Gasteiger partial charge in [-0.05, 0) is 64.5 Å². The zero-order valence-corrected chi connectivity index (χ0v) is 32.8. The molecule has 4 heterocycles. The summed E-state index contributed by atoms with van der Waals surface area (Å²) in [7, 11) is 0. The van der Waals surface area contributed by atoms with E-state index in [0.717, 1.165) is 94.6 Å². The van der Waals surface area contributed by atoms with Crippen LogP contribution in [0.25, 0.3) is 111 Å². The van der Waals surface area contributed by atoms with E-state index in [1.807, 2.05) is 18.2 Å². The van der Waals surface area contributed by atoms with Crippen molar-refractivity contribution in [2.45, 2.75) is 0 Å². The molecule has 284 valence electrons. The van der Waals surface area contributed by atoms with Crippen LogP contribution in [0.15, 0.2) is 206 Å². The first-order chi connectivity index (χ1) is 30.3. The first kappa shape index (κ1) is 33.7. The second-order valence-corrected chi connectivity index (χ2v) is 15.7. The van der Waals surface area contributed by atoms with Crippen LogP contribution in [0, 0.1) is 0 Å². The van der Waals surface area contributed by atoms with Gasteiger partial charge in [0.05, 0.1) is 33.5 Å². The van der Waals surface area contributed by atoms with Crippen molar-refractivity contribution in [2.75, 3.05) is 0 Å². The molecule has 0 atom stereocenters. The predicted molar refractivity (Wildman–Crippen MR) is 250 cm³/mol. The van der Waals surface area contributed by atoms with E-state index < -0.39 is 0 Å². The van der Waals surface area contributed by atoms with Gasteiger partial charge in [-0.25, -0.2) is 9.97 Å². The number of hydrogen-bond donors (Lipinski definition) is 0. The number of rotatable bonds is 5. The lowest BCUT2D eigenvalue weighted by Crippen LogP contribution is -2.04. The van der Waals surface area contributed by atoms with Crippen molar-refractivity contribution in [3.63, 3.8) is 0 Å². The predicted octanol–water partition coefficient (Wildman–Crippen LogP) is 14.6. The molecular weight excluding hydrogens is 745 g/mol. The van der Waals surface area contributed by atoms with E-state index in [9.17, 15) is 0 Å². The highest BCUT2D eigenvalue weighted by Crippen LogP contribution is 2.51. The molecule has 12 aromatic rings. The molecule has 0 saturated carbocycles. The fraction of sp³-hybridized carbons (Fsp3) is 0. The van der Waals surface area contributed by atoms with E-state index >= 15 is 0 Å². The molecule has 1 aliphatic heterocycles. The van der Waals surface area contributed by atoms with Crippen LogP contribution in [0.3, 0.4) is 0 Å². The summed E-state index contributed by atoms with van der Waals surface area (Å²) in [6.07, 6.45) is 0. The molecule has 0 fully saturated rings. The Bertz CT molecular complexity index is 3660. The number of hydrogen-bond acceptors (Lipinski definition) is 3. The zero-order valence-electron chi connectivity index (χ0n) is 32.8. The molecule has 3 aromatic heterocycles. The van der Waals surface area contributed by atoms with Gasteiger partial charge in [-0.1, -0.05) is 158 Å². The van der Waals surface area contributed by atoms with Gasteiger partial charge in [0.25, 0.3) is 0 Å². The van der Waals surface area contributed by atoms with Crippen LogP contribution in [0.5, 0.6) is 11.5 Å². The third kappa shape index (κ3) is 5.08. The maximum absolute atomic E-state index is 6.70. The minimum atomic E-state index is 0.631. The lowest BCUT2D eigenvalue weighted by atomic mass is 9.92. The molecule has 0 unspecified atom stereocenters. The molecule has 0 spiro atoms. The van der Waals surface area contributed by atoms with Crippen molar-refractivity contribution in [3.05, 3.63) is 206 Å². The van der Waals surface area contributed by atoms with Gasteiger partial charge in [0.1, 0.15) is 11.5 Å². The van der Waals surface area contributed by atoms with Crippen LogP contribution in [-0.2, 0) is 0 Å². The Morgan fingerprint density at radius 3 is 1.72 bits per heavy atom. The number of fused-ring (bicyclic) bond motifs is 9. The van der Waals surface area contributed by atoms with Crippen molar-refractivity contribution in [1.29, 1.82) is 0 Å². The minimum Gasteiger partial charge on any atom is -0.456 e. The quantitative estimate of drug-likeness (QED) is 0.175. The maximum atomic E-state index is 6.70. The second-order valence-electron chi connectivity index (χ2n) is 15.7. The molecule has 0 radical (unpaired) electrons. The SMILES string of the molecule is c1ccc(-c2cc(-c3ccccc3)nc(-n3c4ccccc4c4c(-c5ccc6c7c8cccc9c8c(cc7n(-c7ccccc7)c6c5)Oc5ccccc5-9)cccc43)n2)cc1. The third-order valence-electron chi connectivity index (χ3n) is 12.3. The normalized spacial score (nSPS) is 12.1. The topological polar surface area (TPSA) is 44.9 Å². The molecule has 9 aromatic carbocycles. The average Bonchev–Trinajstić information content (AvgIpc) is 3.85. The standard InChI is InChI=1S/C56H34N4O/c1-4-16-35(17-5-1)45-33-46(36-18-6-2-7-19-36)58-56(57-45)60-47-27-12-10-23-42(47)53-39(24-15-28-48(53)60)37-30-31-43-49(32-37)59(38-20-8-3-9-21-38)50-34-52-55-41(25-14-26-44(55)54(43)50)40-22-11-13-29-51(40)61-52/h1-34H. The van der Waals surface area contributed by atoms with Crippen molar-refractivity contribution < 1.29 is 4.74 Å². The Balaban J connectivity index is 1.07. The van der Waals surface area contributed by atoms with Crippen LogP contribution in [0.2, 0.25) is 0 Å². The first-order valence-corrected chi connectivity index (χ1v) is 20.7. The Kier molecular flexibility index (Phi) is 7.24. The fourth-order valence-electron chi connectivity index (χ4n) is 9.70. The summed E-state index contributed by atoms with van der Waals surface area (Å²) in [5.41, 5.74) is 13.9. The number of nitrogens with zero attached hydrogens (tertiary/aromatic N) is 4. The summed E-state index contributed by atoms with van der Waals surface area (Å²) in [6.45, 7) is 0. The van der Waals surface area contributed by atoms with Gasteiger partial charge in [-0.15, -0.1) is 0 Å². The highest BCUT2D eigenvalue weighted by molar-refractivity contribution is 6.26. The van der Waals surface area contributed by atoms with Gasteiger partial charge < -0.3 is 9.30 Å². The number of aromatic nitrogens is 4.